The molecule has 4 N–H and O–H groups in total. The normalized spacial score (nSPS) is 17.6. The van der Waals surface area contributed by atoms with Crippen LogP contribution in [-0.2, 0) is 25.6 Å². The van der Waals surface area contributed by atoms with Crippen LogP contribution in [-0.4, -0.2) is 87.1 Å². The molecule has 8 rings (SSSR count). The summed E-state index contributed by atoms with van der Waals surface area (Å²) in [6.07, 6.45) is 4.17. The minimum absolute atomic E-state index is 0.112. The molecule has 6 aromatic rings. The summed E-state index contributed by atoms with van der Waals surface area (Å²) in [6, 6.07) is 26.9. The van der Waals surface area contributed by atoms with Gasteiger partial charge in [0.05, 0.1) is 49.7 Å². The quantitative estimate of drug-likeness (QED) is 0.103. The van der Waals surface area contributed by atoms with Gasteiger partial charge in [-0.3, -0.25) is 9.59 Å². The summed E-state index contributed by atoms with van der Waals surface area (Å²) in [7, 11) is 2.55. The molecule has 2 aromatic heterocycles. The largest absolute Gasteiger partial charge is 0.453 e. The summed E-state index contributed by atoms with van der Waals surface area (Å²) in [6.45, 7) is 2.61. The third-order valence-corrected chi connectivity index (χ3v) is 11.3. The van der Waals surface area contributed by atoms with Crippen LogP contribution in [0.25, 0.3) is 44.2 Å². The first-order valence-corrected chi connectivity index (χ1v) is 19.6. The fourth-order valence-corrected chi connectivity index (χ4v) is 8.60. The molecule has 1 aliphatic carbocycles. The number of fused-ring (bicyclic) bond motifs is 5. The van der Waals surface area contributed by atoms with E-state index in [0.717, 1.165) is 75.7 Å². The highest BCUT2D eigenvalue weighted by molar-refractivity contribution is 6.05. The maximum Gasteiger partial charge on any atom is 0.407 e. The van der Waals surface area contributed by atoms with Crippen LogP contribution >= 0.6 is 0 Å². The number of amides is 4. The Morgan fingerprint density at radius 3 is 2.41 bits per heavy atom. The van der Waals surface area contributed by atoms with Crippen LogP contribution in [0.4, 0.5) is 9.59 Å². The molecular weight excluding hydrogens is 737 g/mol. The van der Waals surface area contributed by atoms with Gasteiger partial charge < -0.3 is 39.9 Å². The zero-order chi connectivity index (χ0) is 40.3. The van der Waals surface area contributed by atoms with E-state index in [4.69, 9.17) is 14.7 Å². The van der Waals surface area contributed by atoms with Gasteiger partial charge in [0.15, 0.2) is 0 Å². The van der Waals surface area contributed by atoms with Crippen molar-refractivity contribution in [3.8, 4) is 22.4 Å². The number of imidazole rings is 2. The topological polar surface area (TPSA) is 175 Å². The van der Waals surface area contributed by atoms with Gasteiger partial charge in [-0.2, -0.15) is 0 Å². The van der Waals surface area contributed by atoms with Crippen molar-refractivity contribution in [3.63, 3.8) is 0 Å². The van der Waals surface area contributed by atoms with Gasteiger partial charge in [0.25, 0.3) is 0 Å². The molecule has 298 valence electrons. The first-order valence-electron chi connectivity index (χ1n) is 19.6. The lowest BCUT2D eigenvalue weighted by Gasteiger charge is -2.34. The highest BCUT2D eigenvalue weighted by atomic mass is 16.5. The third-order valence-electron chi connectivity index (χ3n) is 11.3. The first-order chi connectivity index (χ1) is 28.2. The molecule has 1 aliphatic heterocycles. The molecule has 2 aliphatic rings. The van der Waals surface area contributed by atoms with Crippen molar-refractivity contribution in [3.05, 3.63) is 108 Å². The summed E-state index contributed by atoms with van der Waals surface area (Å²) in [4.78, 5) is 71.2. The number of rotatable bonds is 12. The Morgan fingerprint density at radius 2 is 1.66 bits per heavy atom. The number of likely N-dealkylation sites (tertiary alicyclic amines) is 1. The van der Waals surface area contributed by atoms with Crippen molar-refractivity contribution in [1.82, 2.24) is 40.4 Å². The van der Waals surface area contributed by atoms with Gasteiger partial charge in [0.2, 0.25) is 11.8 Å². The van der Waals surface area contributed by atoms with Crippen molar-refractivity contribution in [1.29, 1.82) is 0 Å². The fraction of sp³-hybridized carbons (Fsp3) is 0.318. The number of nitrogens with zero attached hydrogens (tertiary/aromatic N) is 4. The molecule has 0 radical (unpaired) electrons. The van der Waals surface area contributed by atoms with E-state index in [9.17, 15) is 19.2 Å². The van der Waals surface area contributed by atoms with E-state index in [1.165, 1.54) is 14.2 Å². The van der Waals surface area contributed by atoms with E-state index in [1.54, 1.807) is 4.90 Å². The van der Waals surface area contributed by atoms with Crippen LogP contribution in [0.3, 0.4) is 0 Å². The van der Waals surface area contributed by atoms with Crippen molar-refractivity contribution < 1.29 is 28.7 Å². The van der Waals surface area contributed by atoms with Crippen molar-refractivity contribution in [2.75, 3.05) is 27.3 Å². The van der Waals surface area contributed by atoms with Gasteiger partial charge in [-0.25, -0.2) is 19.6 Å². The number of benzene rings is 4. The Morgan fingerprint density at radius 1 is 0.897 bits per heavy atom. The second kappa shape index (κ2) is 16.4. The van der Waals surface area contributed by atoms with E-state index in [-0.39, 0.29) is 37.0 Å². The summed E-state index contributed by atoms with van der Waals surface area (Å²) in [5.74, 6) is 1.34. The highest BCUT2D eigenvalue weighted by Gasteiger charge is 2.49. The van der Waals surface area contributed by atoms with E-state index in [1.807, 2.05) is 54.4 Å². The molecule has 2 fully saturated rings. The number of ether oxygens (including phenoxy) is 2. The average Bonchev–Trinajstić information content (AvgIpc) is 4.09. The van der Waals surface area contributed by atoms with Gasteiger partial charge >= 0.3 is 12.2 Å². The summed E-state index contributed by atoms with van der Waals surface area (Å²) in [5, 5.41) is 7.25. The van der Waals surface area contributed by atoms with Gasteiger partial charge in [-0.1, -0.05) is 79.7 Å². The molecule has 4 aromatic carbocycles. The number of hydrogen-bond donors (Lipinski definition) is 4. The lowest BCUT2D eigenvalue weighted by Crippen LogP contribution is -2.45. The van der Waals surface area contributed by atoms with Crippen LogP contribution in [0, 0.1) is 5.92 Å². The molecule has 1 saturated carbocycles. The Hall–Kier alpha value is -6.70. The Bertz CT molecular complexity index is 2460. The molecule has 3 heterocycles. The maximum absolute atomic E-state index is 13.9. The maximum atomic E-state index is 13.9. The molecule has 1 saturated heterocycles. The predicted octanol–water partition coefficient (Wildman–Crippen LogP) is 7.02. The van der Waals surface area contributed by atoms with Crippen molar-refractivity contribution >= 4 is 45.8 Å². The monoisotopic (exact) mass is 782 g/mol. The number of carbonyl (C=O) groups is 4. The standard InChI is InChI=1S/C44H46N8O6/c1-4-20-51(42(54)38(50-44(56)58-3)28-8-6-5-7-9-28)25-36-47-34-19-16-30-21-29(15-18-33(30)39(34)49-36)26-10-12-27(13-11-26)35-23-45-41(48-35)40-31-14-17-32(22-31)52(40)37(53)24-46-43(55)57-2/h5-13,15-16,18-19,21,23,31-32,38,40H,4,14,17,20,22,24-25H2,1-3H3,(H,45,48)(H,46,55)(H,47,49)(H,50,56)/t31-,32+,38+,40-/m0/s1. The number of alkyl carbamates (subject to hydrolysis) is 2. The zero-order valence-electron chi connectivity index (χ0n) is 32.7. The van der Waals surface area contributed by atoms with Gasteiger partial charge in [-0.15, -0.1) is 0 Å². The van der Waals surface area contributed by atoms with Crippen molar-refractivity contribution in [2.24, 2.45) is 5.92 Å². The minimum Gasteiger partial charge on any atom is -0.453 e. The van der Waals surface area contributed by atoms with E-state index in [0.29, 0.717) is 23.9 Å². The lowest BCUT2D eigenvalue weighted by atomic mass is 9.98. The molecule has 4 atom stereocenters. The molecule has 14 heteroatoms. The molecule has 58 heavy (non-hydrogen) atoms. The van der Waals surface area contributed by atoms with Crippen LogP contribution in [0.2, 0.25) is 0 Å². The fourth-order valence-electron chi connectivity index (χ4n) is 8.60. The van der Waals surface area contributed by atoms with E-state index in [2.05, 4.69) is 73.9 Å². The highest BCUT2D eigenvalue weighted by Crippen LogP contribution is 2.49. The van der Waals surface area contributed by atoms with Gasteiger partial charge in [0, 0.05) is 18.0 Å². The van der Waals surface area contributed by atoms with Crippen LogP contribution in [0.1, 0.15) is 61.9 Å². The van der Waals surface area contributed by atoms with Crippen molar-refractivity contribution in [2.45, 2.75) is 57.3 Å². The van der Waals surface area contributed by atoms with Crippen LogP contribution in [0.5, 0.6) is 0 Å². The Balaban J connectivity index is 0.984. The number of nitrogens with one attached hydrogen (secondary N) is 4. The third kappa shape index (κ3) is 7.57. The first kappa shape index (κ1) is 38.2. The average molecular weight is 783 g/mol. The number of aromatic nitrogens is 4. The zero-order valence-corrected chi connectivity index (χ0v) is 32.7. The number of piperidine rings is 1. The second-order valence-electron chi connectivity index (χ2n) is 14.9. The smallest absolute Gasteiger partial charge is 0.407 e. The number of aromatic amines is 2. The Labute approximate surface area is 335 Å². The number of H-pyrrole nitrogens is 2. The molecular formula is C44H46N8O6. The summed E-state index contributed by atoms with van der Waals surface area (Å²) in [5.41, 5.74) is 6.31. The molecule has 4 amide bonds. The number of carbonyl (C=O) groups excluding carboxylic acids is 4. The van der Waals surface area contributed by atoms with Gasteiger partial charge in [-0.05, 0) is 71.4 Å². The van der Waals surface area contributed by atoms with Crippen LogP contribution in [0.15, 0.2) is 91.1 Å². The summed E-state index contributed by atoms with van der Waals surface area (Å²) >= 11 is 0. The predicted molar refractivity (Wildman–Crippen MR) is 218 cm³/mol. The summed E-state index contributed by atoms with van der Waals surface area (Å²) < 4.78 is 9.48. The molecule has 0 spiro atoms. The SMILES string of the molecule is CCCN(Cc1nc2c(ccc3cc(-c4ccc(-c5cnc([C@@H]6[C@H]7CC[C@H](C7)N6C(=O)CNC(=O)OC)[nH]5)cc4)ccc32)[nH]1)C(=O)[C@H](NC(=O)OC)c1ccccc1. The lowest BCUT2D eigenvalue weighted by molar-refractivity contribution is -0.135. The molecule has 0 unspecified atom stereocenters. The molecule has 2 bridgehead atoms. The van der Waals surface area contributed by atoms with Crippen LogP contribution < -0.4 is 10.6 Å². The number of hydrogen-bond acceptors (Lipinski definition) is 8. The second-order valence-corrected chi connectivity index (χ2v) is 14.9. The molecule has 14 nitrogen and oxygen atoms in total. The van der Waals surface area contributed by atoms with E-state index < -0.39 is 18.2 Å². The minimum atomic E-state index is -0.908. The Kier molecular flexibility index (Phi) is 10.8. The van der Waals surface area contributed by atoms with E-state index >= 15 is 0 Å². The van der Waals surface area contributed by atoms with Gasteiger partial charge in [0.1, 0.15) is 24.2 Å². The number of methoxy groups -OCH3 is 2.